The Morgan fingerprint density at radius 1 is 1.20 bits per heavy atom. The van der Waals surface area contributed by atoms with E-state index in [1.54, 1.807) is 24.9 Å². The second kappa shape index (κ2) is 6.34. The number of hydrogen-bond acceptors (Lipinski definition) is 4. The molecule has 0 aliphatic rings. The van der Waals surface area contributed by atoms with Crippen LogP contribution in [0.15, 0.2) is 52.3 Å². The molecule has 0 atom stereocenters. The molecule has 0 radical (unpaired) electrons. The molecule has 0 fully saturated rings. The fourth-order valence-corrected chi connectivity index (χ4v) is 2.62. The number of methoxy groups -OCH3 is 1. The van der Waals surface area contributed by atoms with Crippen molar-refractivity contribution in [2.24, 2.45) is 0 Å². The first-order valence-corrected chi connectivity index (χ1v) is 6.82. The summed E-state index contributed by atoms with van der Waals surface area (Å²) in [6, 6.07) is 13.1. The first-order valence-electron chi connectivity index (χ1n) is 6.00. The molecule has 0 aromatic heterocycles. The minimum absolute atomic E-state index is 0.0456. The number of rotatable bonds is 5. The van der Waals surface area contributed by atoms with Crippen molar-refractivity contribution >= 4 is 23.4 Å². The second-order valence-electron chi connectivity index (χ2n) is 4.22. The summed E-state index contributed by atoms with van der Waals surface area (Å²) in [4.78, 5) is 12.8. The summed E-state index contributed by atoms with van der Waals surface area (Å²) >= 11 is 1.57. The largest absolute Gasteiger partial charge is 0.496 e. The fourth-order valence-electron chi connectivity index (χ4n) is 1.77. The minimum Gasteiger partial charge on any atom is -0.496 e. The third-order valence-electron chi connectivity index (χ3n) is 2.72. The van der Waals surface area contributed by atoms with Crippen LogP contribution in [0.5, 0.6) is 5.75 Å². The van der Waals surface area contributed by atoms with Crippen molar-refractivity contribution in [3.63, 3.8) is 0 Å². The summed E-state index contributed by atoms with van der Waals surface area (Å²) in [5, 5.41) is 8.84. The van der Waals surface area contributed by atoms with Crippen molar-refractivity contribution in [1.29, 1.82) is 0 Å². The lowest BCUT2D eigenvalue weighted by Crippen LogP contribution is -2.02. The van der Waals surface area contributed by atoms with Crippen LogP contribution in [0.2, 0.25) is 0 Å². The molecule has 0 unspecified atom stereocenters. The summed E-state index contributed by atoms with van der Waals surface area (Å²) in [5.74, 6) is -0.282. The maximum atomic E-state index is 10.8. The van der Waals surface area contributed by atoms with Crippen LogP contribution in [0.25, 0.3) is 0 Å². The van der Waals surface area contributed by atoms with Crippen LogP contribution in [0.3, 0.4) is 0 Å². The molecular formula is C15H15NO3S. The van der Waals surface area contributed by atoms with Gasteiger partial charge in [-0.15, -0.1) is 0 Å². The number of anilines is 1. The zero-order valence-electron chi connectivity index (χ0n) is 11.0. The topological polar surface area (TPSA) is 72.5 Å². The summed E-state index contributed by atoms with van der Waals surface area (Å²) in [6.07, 6.45) is -0.0456. The van der Waals surface area contributed by atoms with Crippen LogP contribution in [-0.4, -0.2) is 18.2 Å². The van der Waals surface area contributed by atoms with E-state index in [9.17, 15) is 4.79 Å². The lowest BCUT2D eigenvalue weighted by molar-refractivity contribution is -0.136. The van der Waals surface area contributed by atoms with Crippen molar-refractivity contribution in [2.75, 3.05) is 12.8 Å². The molecule has 2 aromatic carbocycles. The molecule has 2 aromatic rings. The van der Waals surface area contributed by atoms with Gasteiger partial charge in [0.25, 0.3) is 0 Å². The molecule has 5 heteroatoms. The summed E-state index contributed by atoms with van der Waals surface area (Å²) < 4.78 is 5.25. The molecule has 20 heavy (non-hydrogen) atoms. The second-order valence-corrected chi connectivity index (χ2v) is 5.36. The number of nitrogens with two attached hydrogens (primary N) is 1. The molecular weight excluding hydrogens is 274 g/mol. The molecule has 0 amide bonds. The average Bonchev–Trinajstić information content (AvgIpc) is 2.42. The van der Waals surface area contributed by atoms with Gasteiger partial charge in [0.2, 0.25) is 0 Å². The minimum atomic E-state index is -0.873. The van der Waals surface area contributed by atoms with Gasteiger partial charge in [0.05, 0.1) is 13.5 Å². The summed E-state index contributed by atoms with van der Waals surface area (Å²) in [6.45, 7) is 0. The number of ether oxygens (including phenoxy) is 1. The molecule has 0 spiro atoms. The smallest absolute Gasteiger partial charge is 0.307 e. The third-order valence-corrected chi connectivity index (χ3v) is 3.71. The van der Waals surface area contributed by atoms with E-state index in [2.05, 4.69) is 0 Å². The zero-order valence-corrected chi connectivity index (χ0v) is 11.8. The molecule has 3 N–H and O–H groups in total. The van der Waals surface area contributed by atoms with Crippen molar-refractivity contribution in [3.05, 3.63) is 48.0 Å². The number of aliphatic carboxylic acids is 1. The Hall–Kier alpha value is -2.14. The number of nitrogen functional groups attached to an aromatic ring is 1. The molecule has 0 aliphatic heterocycles. The molecule has 0 saturated heterocycles. The van der Waals surface area contributed by atoms with Gasteiger partial charge >= 0.3 is 5.97 Å². The first-order chi connectivity index (χ1) is 9.58. The highest BCUT2D eigenvalue weighted by molar-refractivity contribution is 7.99. The lowest BCUT2D eigenvalue weighted by atomic mass is 10.1. The zero-order chi connectivity index (χ0) is 14.5. The van der Waals surface area contributed by atoms with Gasteiger partial charge < -0.3 is 15.6 Å². The van der Waals surface area contributed by atoms with Gasteiger partial charge in [-0.2, -0.15) is 0 Å². The van der Waals surface area contributed by atoms with Gasteiger partial charge in [0.1, 0.15) is 5.75 Å². The monoisotopic (exact) mass is 289 g/mol. The molecule has 2 rings (SSSR count). The maximum absolute atomic E-state index is 10.8. The molecule has 0 aliphatic carbocycles. The average molecular weight is 289 g/mol. The Balaban J connectivity index is 2.20. The molecule has 104 valence electrons. The number of carboxylic acid groups (broad SMARTS) is 1. The van der Waals surface area contributed by atoms with E-state index in [0.717, 1.165) is 15.5 Å². The normalized spacial score (nSPS) is 10.2. The molecule has 4 nitrogen and oxygen atoms in total. The van der Waals surface area contributed by atoms with Crippen LogP contribution in [0.4, 0.5) is 5.69 Å². The standard InChI is InChI=1S/C15H15NO3S/c1-19-14-9-13(5-2-10(14)8-15(17)18)20-12-6-3-11(16)4-7-12/h2-7,9H,8,16H2,1H3,(H,17,18). The number of carboxylic acids is 1. The quantitative estimate of drug-likeness (QED) is 0.828. The molecule has 0 saturated carbocycles. The maximum Gasteiger partial charge on any atom is 0.307 e. The highest BCUT2D eigenvalue weighted by atomic mass is 32.2. The lowest BCUT2D eigenvalue weighted by Gasteiger charge is -2.09. The fraction of sp³-hybridized carbons (Fsp3) is 0.133. The predicted octanol–water partition coefficient (Wildman–Crippen LogP) is 3.06. The summed E-state index contributed by atoms with van der Waals surface area (Å²) in [7, 11) is 1.54. The van der Waals surface area contributed by atoms with E-state index in [1.165, 1.54) is 0 Å². The van der Waals surface area contributed by atoms with Crippen LogP contribution in [-0.2, 0) is 11.2 Å². The van der Waals surface area contributed by atoms with E-state index in [1.807, 2.05) is 36.4 Å². The Morgan fingerprint density at radius 3 is 2.45 bits per heavy atom. The van der Waals surface area contributed by atoms with Crippen LogP contribution < -0.4 is 10.5 Å². The van der Waals surface area contributed by atoms with Gasteiger partial charge in [-0.05, 0) is 36.4 Å². The van der Waals surface area contributed by atoms with Gasteiger partial charge in [-0.25, -0.2) is 0 Å². The van der Waals surface area contributed by atoms with E-state index in [-0.39, 0.29) is 6.42 Å². The van der Waals surface area contributed by atoms with Crippen LogP contribution >= 0.6 is 11.8 Å². The predicted molar refractivity (Wildman–Crippen MR) is 79.3 cm³/mol. The van der Waals surface area contributed by atoms with Gasteiger partial charge in [-0.3, -0.25) is 4.79 Å². The molecule has 0 heterocycles. The molecule has 0 bridgehead atoms. The van der Waals surface area contributed by atoms with E-state index in [0.29, 0.717) is 11.3 Å². The van der Waals surface area contributed by atoms with E-state index < -0.39 is 5.97 Å². The van der Waals surface area contributed by atoms with E-state index >= 15 is 0 Å². The van der Waals surface area contributed by atoms with Gasteiger partial charge in [0.15, 0.2) is 0 Å². The number of hydrogen-bond donors (Lipinski definition) is 2. The van der Waals surface area contributed by atoms with Crippen LogP contribution in [0.1, 0.15) is 5.56 Å². The van der Waals surface area contributed by atoms with Gasteiger partial charge in [0, 0.05) is 21.0 Å². The van der Waals surface area contributed by atoms with Crippen LogP contribution in [0, 0.1) is 0 Å². The summed E-state index contributed by atoms with van der Waals surface area (Å²) in [5.41, 5.74) is 7.04. The number of carbonyl (C=O) groups is 1. The highest BCUT2D eigenvalue weighted by Crippen LogP contribution is 2.32. The van der Waals surface area contributed by atoms with E-state index in [4.69, 9.17) is 15.6 Å². The Kier molecular flexibility index (Phi) is 4.53. The van der Waals surface area contributed by atoms with Gasteiger partial charge in [-0.1, -0.05) is 17.8 Å². The number of benzene rings is 2. The SMILES string of the molecule is COc1cc(Sc2ccc(N)cc2)ccc1CC(=O)O. The van der Waals surface area contributed by atoms with Crippen molar-refractivity contribution in [1.82, 2.24) is 0 Å². The first kappa shape index (κ1) is 14.3. The van der Waals surface area contributed by atoms with Crippen molar-refractivity contribution in [2.45, 2.75) is 16.2 Å². The Bertz CT molecular complexity index is 611. The van der Waals surface area contributed by atoms with Crippen molar-refractivity contribution in [3.8, 4) is 5.75 Å². The Labute approximate surface area is 121 Å². The Morgan fingerprint density at radius 2 is 1.85 bits per heavy atom. The van der Waals surface area contributed by atoms with Crippen molar-refractivity contribution < 1.29 is 14.6 Å². The third kappa shape index (κ3) is 3.68. The highest BCUT2D eigenvalue weighted by Gasteiger charge is 2.09.